The number of aromatic nitrogens is 1. The summed E-state index contributed by atoms with van der Waals surface area (Å²) in [4.78, 5) is 3.66. The van der Waals surface area contributed by atoms with E-state index in [1.165, 1.54) is 0 Å². The van der Waals surface area contributed by atoms with Crippen molar-refractivity contribution in [1.29, 1.82) is 0 Å². The van der Waals surface area contributed by atoms with Crippen LogP contribution >= 0.6 is 0 Å². The van der Waals surface area contributed by atoms with Gasteiger partial charge in [0.2, 0.25) is 0 Å². The maximum Gasteiger partial charge on any atom is 2.00 e. The molecule has 8 heavy (non-hydrogen) atoms. The minimum absolute atomic E-state index is 0. The molecular formula is C5H4INZn. The van der Waals surface area contributed by atoms with Gasteiger partial charge in [0.25, 0.3) is 0 Å². The second-order valence-electron chi connectivity index (χ2n) is 0.959. The summed E-state index contributed by atoms with van der Waals surface area (Å²) in [5, 5.41) is 0. The average Bonchev–Trinajstić information content (AvgIpc) is 1.72. The van der Waals surface area contributed by atoms with Crippen LogP contribution in [0.4, 0.5) is 0 Å². The molecule has 1 aromatic rings. The van der Waals surface area contributed by atoms with E-state index in [1.807, 2.05) is 12.1 Å². The molecule has 0 saturated heterocycles. The van der Waals surface area contributed by atoms with E-state index in [0.29, 0.717) is 0 Å². The molecule has 0 spiro atoms. The van der Waals surface area contributed by atoms with Crippen LogP contribution in [0.1, 0.15) is 0 Å². The van der Waals surface area contributed by atoms with E-state index in [4.69, 9.17) is 0 Å². The molecule has 0 aliphatic carbocycles. The molecular weight excluding hydrogens is 266 g/mol. The predicted octanol–water partition coefficient (Wildman–Crippen LogP) is -2.12. The standard InChI is InChI=1S/C5H4N.HI.Zn/c1-2-4-6-5-3-1;;/h1-4H;1H;/q-1;;+2/p-1. The normalized spacial score (nSPS) is 6.00. The van der Waals surface area contributed by atoms with Gasteiger partial charge in [0.1, 0.15) is 0 Å². The van der Waals surface area contributed by atoms with Gasteiger partial charge in [0, 0.05) is 0 Å². The van der Waals surface area contributed by atoms with Gasteiger partial charge in [-0.25, -0.2) is 0 Å². The van der Waals surface area contributed by atoms with Crippen molar-refractivity contribution >= 4 is 0 Å². The number of hydrogen-bond acceptors (Lipinski definition) is 1. The first-order valence-electron chi connectivity index (χ1n) is 1.77. The molecule has 0 amide bonds. The van der Waals surface area contributed by atoms with E-state index < -0.39 is 0 Å². The van der Waals surface area contributed by atoms with Gasteiger partial charge in [-0.1, -0.05) is 12.4 Å². The Bertz CT molecular complexity index is 84.4. The molecule has 0 N–H and O–H groups in total. The van der Waals surface area contributed by atoms with E-state index in [0.717, 1.165) is 0 Å². The van der Waals surface area contributed by atoms with Crippen LogP contribution in [0.5, 0.6) is 0 Å². The van der Waals surface area contributed by atoms with Crippen molar-refractivity contribution in [3.63, 3.8) is 0 Å². The molecule has 3 heteroatoms. The van der Waals surface area contributed by atoms with E-state index in [1.54, 1.807) is 12.3 Å². The largest absolute Gasteiger partial charge is 2.00 e. The van der Waals surface area contributed by atoms with E-state index in [9.17, 15) is 0 Å². The summed E-state index contributed by atoms with van der Waals surface area (Å²) in [6.07, 6.45) is 4.34. The molecule has 1 aromatic heterocycles. The topological polar surface area (TPSA) is 12.9 Å². The van der Waals surface area contributed by atoms with Crippen LogP contribution in [-0.4, -0.2) is 4.98 Å². The van der Waals surface area contributed by atoms with Crippen molar-refractivity contribution in [3.8, 4) is 0 Å². The first kappa shape index (κ1) is 11.3. The fourth-order valence-electron chi connectivity index (χ4n) is 0.277. The van der Waals surface area contributed by atoms with E-state index in [2.05, 4.69) is 11.2 Å². The van der Waals surface area contributed by atoms with Crippen molar-refractivity contribution in [1.82, 2.24) is 4.98 Å². The van der Waals surface area contributed by atoms with Crippen molar-refractivity contribution < 1.29 is 43.5 Å². The third-order valence-electron chi connectivity index (χ3n) is 0.517. The Labute approximate surface area is 78.7 Å². The maximum atomic E-state index is 3.66. The summed E-state index contributed by atoms with van der Waals surface area (Å²) in [6.45, 7) is 0. The molecule has 0 aliphatic rings. The summed E-state index contributed by atoms with van der Waals surface area (Å²) in [6, 6.07) is 5.50. The number of pyridine rings is 1. The second kappa shape index (κ2) is 7.50. The first-order chi connectivity index (χ1) is 3.00. The fraction of sp³-hybridized carbons (Fsp3) is 0. The molecule has 38 valence electrons. The smallest absolute Gasteiger partial charge is 1.00 e. The van der Waals surface area contributed by atoms with Crippen LogP contribution < -0.4 is 24.0 Å². The van der Waals surface area contributed by atoms with Crippen LogP contribution in [0.15, 0.2) is 24.4 Å². The molecule has 0 bridgehead atoms. The average molecular weight is 270 g/mol. The van der Waals surface area contributed by atoms with Gasteiger partial charge in [-0.05, 0) is 0 Å². The molecule has 1 rings (SSSR count). The zero-order valence-electron chi connectivity index (χ0n) is 4.34. The molecule has 0 aliphatic heterocycles. The van der Waals surface area contributed by atoms with Gasteiger partial charge in [-0.3, -0.25) is 0 Å². The Morgan fingerprint density at radius 2 is 2.00 bits per heavy atom. The van der Waals surface area contributed by atoms with Gasteiger partial charge in [0.05, 0.1) is 0 Å². The predicted molar refractivity (Wildman–Crippen MR) is 23.1 cm³/mol. The summed E-state index contributed by atoms with van der Waals surface area (Å²) < 4.78 is 0. The summed E-state index contributed by atoms with van der Waals surface area (Å²) in [5.41, 5.74) is 0. The van der Waals surface area contributed by atoms with E-state index >= 15 is 0 Å². The third kappa shape index (κ3) is 4.66. The van der Waals surface area contributed by atoms with Crippen LogP contribution in [0.2, 0.25) is 0 Å². The number of halogens is 1. The SMILES string of the molecule is [I-].[Zn+2].[c-]1ccccn1. The molecule has 1 heterocycles. The Morgan fingerprint density at radius 1 is 1.25 bits per heavy atom. The van der Waals surface area contributed by atoms with Crippen LogP contribution in [0, 0.1) is 6.20 Å². The Morgan fingerprint density at radius 3 is 2.12 bits per heavy atom. The zero-order valence-corrected chi connectivity index (χ0v) is 9.47. The molecule has 0 saturated carbocycles. The monoisotopic (exact) mass is 269 g/mol. The number of hydrogen-bond donors (Lipinski definition) is 0. The molecule has 1 nitrogen and oxygen atoms in total. The quantitative estimate of drug-likeness (QED) is 0.299. The van der Waals surface area contributed by atoms with Gasteiger partial charge in [0.15, 0.2) is 0 Å². The third-order valence-corrected chi connectivity index (χ3v) is 0.517. The summed E-state index contributed by atoms with van der Waals surface area (Å²) in [7, 11) is 0. The van der Waals surface area contributed by atoms with Crippen molar-refractivity contribution in [2.75, 3.05) is 0 Å². The molecule has 0 fully saturated rings. The minimum atomic E-state index is 0. The Hall–Kier alpha value is 0.503. The summed E-state index contributed by atoms with van der Waals surface area (Å²) >= 11 is 0. The van der Waals surface area contributed by atoms with Gasteiger partial charge in [-0.2, -0.15) is 18.2 Å². The van der Waals surface area contributed by atoms with Crippen molar-refractivity contribution in [3.05, 3.63) is 30.6 Å². The summed E-state index contributed by atoms with van der Waals surface area (Å²) in [5.74, 6) is 0. The van der Waals surface area contributed by atoms with Gasteiger partial charge < -0.3 is 29.0 Å². The number of nitrogens with zero attached hydrogens (tertiary/aromatic N) is 1. The van der Waals surface area contributed by atoms with Crippen LogP contribution in [0.25, 0.3) is 0 Å². The fourth-order valence-corrected chi connectivity index (χ4v) is 0.277. The van der Waals surface area contributed by atoms with Gasteiger partial charge in [-0.15, -0.1) is 0 Å². The Kier molecular flexibility index (Phi) is 10.6. The van der Waals surface area contributed by atoms with E-state index in [-0.39, 0.29) is 43.5 Å². The molecule has 0 aromatic carbocycles. The first-order valence-corrected chi connectivity index (χ1v) is 1.77. The van der Waals surface area contributed by atoms with Crippen molar-refractivity contribution in [2.24, 2.45) is 0 Å². The van der Waals surface area contributed by atoms with Crippen molar-refractivity contribution in [2.45, 2.75) is 0 Å². The van der Waals surface area contributed by atoms with Crippen LogP contribution in [-0.2, 0) is 19.5 Å². The second-order valence-corrected chi connectivity index (χ2v) is 0.959. The Balaban J connectivity index is 0. The molecule has 0 unspecified atom stereocenters. The molecule has 0 atom stereocenters. The van der Waals surface area contributed by atoms with Gasteiger partial charge >= 0.3 is 19.5 Å². The molecule has 0 radical (unpaired) electrons. The van der Waals surface area contributed by atoms with Crippen LogP contribution in [0.3, 0.4) is 0 Å². The minimum Gasteiger partial charge on any atom is -1.00 e. The zero-order chi connectivity index (χ0) is 4.24. The number of rotatable bonds is 0. The maximum absolute atomic E-state index is 3.66.